The molecule has 1 aromatic carbocycles. The minimum absolute atomic E-state index is 0.282. The lowest BCUT2D eigenvalue weighted by molar-refractivity contribution is -0.160. The predicted octanol–water partition coefficient (Wildman–Crippen LogP) is 4.71. The highest BCUT2D eigenvalue weighted by Gasteiger charge is 2.51. The molecule has 0 amide bonds. The van der Waals surface area contributed by atoms with Gasteiger partial charge in [0.25, 0.3) is 0 Å². The van der Waals surface area contributed by atoms with E-state index in [0.29, 0.717) is 17.7 Å². The largest absolute Gasteiger partial charge is 0.384 e. The third-order valence-corrected chi connectivity index (χ3v) is 6.01. The molecule has 1 saturated carbocycles. The number of aryl methyl sites for hydroxylation is 1. The van der Waals surface area contributed by atoms with Crippen LogP contribution in [-0.2, 0) is 15.9 Å². The van der Waals surface area contributed by atoms with E-state index in [2.05, 4.69) is 30.1 Å². The van der Waals surface area contributed by atoms with Crippen LogP contribution in [0, 0.1) is 11.8 Å². The normalized spacial score (nSPS) is 30.0. The minimum Gasteiger partial charge on any atom is -0.384 e. The molecule has 4 nitrogen and oxygen atoms in total. The van der Waals surface area contributed by atoms with Gasteiger partial charge in [-0.15, -0.1) is 0 Å². The Morgan fingerprint density at radius 1 is 1.19 bits per heavy atom. The van der Waals surface area contributed by atoms with Crippen LogP contribution < -0.4 is 5.73 Å². The Kier molecular flexibility index (Phi) is 4.66. The second kappa shape index (κ2) is 6.82. The van der Waals surface area contributed by atoms with Gasteiger partial charge in [0, 0.05) is 11.6 Å². The number of benzene rings is 1. The van der Waals surface area contributed by atoms with Crippen LogP contribution in [0.4, 0.5) is 5.82 Å². The molecule has 0 bridgehead atoms. The summed E-state index contributed by atoms with van der Waals surface area (Å²) in [7, 11) is 0. The van der Waals surface area contributed by atoms with Crippen molar-refractivity contribution in [3.63, 3.8) is 0 Å². The molecule has 4 rings (SSSR count). The summed E-state index contributed by atoms with van der Waals surface area (Å²) in [5.74, 6) is 1.40. The van der Waals surface area contributed by atoms with Crippen molar-refractivity contribution in [2.75, 3.05) is 5.73 Å². The van der Waals surface area contributed by atoms with E-state index in [1.165, 1.54) is 42.0 Å². The van der Waals surface area contributed by atoms with E-state index in [-0.39, 0.29) is 12.2 Å². The van der Waals surface area contributed by atoms with Crippen LogP contribution in [0.1, 0.15) is 52.0 Å². The molecule has 1 aliphatic carbocycles. The lowest BCUT2D eigenvalue weighted by atomic mass is 9.95. The standard InChI is InChI=1S/C22H30N2O2/c1-14-11-17(21-20(14)25-22(2,3)26-21)8-5-4-7-15-9-6-10-16-12-19(23)24-13-18(15)16/h6,9-10,12-14,17,20-21H,4-5,7-8,11H2,1-3H3,(H2,23,24)/t14-,17+,20+,21-/m1/s1. The van der Waals surface area contributed by atoms with E-state index in [9.17, 15) is 0 Å². The van der Waals surface area contributed by atoms with Crippen molar-refractivity contribution in [2.45, 2.75) is 70.9 Å². The maximum atomic E-state index is 6.20. The van der Waals surface area contributed by atoms with Crippen LogP contribution in [0.5, 0.6) is 0 Å². The van der Waals surface area contributed by atoms with Crippen LogP contribution in [0.25, 0.3) is 10.8 Å². The second-order valence-electron chi connectivity index (χ2n) is 8.53. The number of nitrogens with two attached hydrogens (primary N) is 1. The first-order valence-corrected chi connectivity index (χ1v) is 9.92. The Balaban J connectivity index is 1.34. The maximum Gasteiger partial charge on any atom is 0.163 e. The number of pyridine rings is 1. The van der Waals surface area contributed by atoms with Crippen molar-refractivity contribution in [3.05, 3.63) is 36.0 Å². The van der Waals surface area contributed by atoms with Gasteiger partial charge in [0.1, 0.15) is 5.82 Å². The summed E-state index contributed by atoms with van der Waals surface area (Å²) < 4.78 is 12.3. The highest BCUT2D eigenvalue weighted by molar-refractivity contribution is 5.86. The Bertz CT molecular complexity index is 789. The molecule has 2 fully saturated rings. The molecule has 1 aromatic heterocycles. The molecular weight excluding hydrogens is 324 g/mol. The molecule has 4 atom stereocenters. The van der Waals surface area contributed by atoms with Crippen molar-refractivity contribution < 1.29 is 9.47 Å². The molecule has 4 heteroatoms. The van der Waals surface area contributed by atoms with Gasteiger partial charge in [0.2, 0.25) is 0 Å². The lowest BCUT2D eigenvalue weighted by Gasteiger charge is -2.22. The van der Waals surface area contributed by atoms with Gasteiger partial charge in [-0.1, -0.05) is 31.5 Å². The fourth-order valence-corrected chi connectivity index (χ4v) is 4.84. The van der Waals surface area contributed by atoms with E-state index in [1.54, 1.807) is 0 Å². The molecule has 1 saturated heterocycles. The summed E-state index contributed by atoms with van der Waals surface area (Å²) in [5, 5.41) is 2.41. The van der Waals surface area contributed by atoms with Gasteiger partial charge < -0.3 is 15.2 Å². The fraction of sp³-hybridized carbons (Fsp3) is 0.591. The average molecular weight is 354 g/mol. The second-order valence-corrected chi connectivity index (χ2v) is 8.53. The van der Waals surface area contributed by atoms with Gasteiger partial charge in [-0.3, -0.25) is 0 Å². The zero-order valence-corrected chi connectivity index (χ0v) is 16.1. The third-order valence-electron chi connectivity index (χ3n) is 6.01. The number of fused-ring (bicyclic) bond motifs is 2. The van der Waals surface area contributed by atoms with Gasteiger partial charge in [0.05, 0.1) is 12.2 Å². The summed E-state index contributed by atoms with van der Waals surface area (Å²) in [6.07, 6.45) is 8.43. The van der Waals surface area contributed by atoms with Crippen LogP contribution in [0.3, 0.4) is 0 Å². The molecule has 1 aliphatic heterocycles. The third kappa shape index (κ3) is 3.45. The maximum absolute atomic E-state index is 6.20. The van der Waals surface area contributed by atoms with Crippen LogP contribution >= 0.6 is 0 Å². The topological polar surface area (TPSA) is 57.4 Å². The van der Waals surface area contributed by atoms with Crippen molar-refractivity contribution in [3.8, 4) is 0 Å². The van der Waals surface area contributed by atoms with Gasteiger partial charge >= 0.3 is 0 Å². The molecule has 26 heavy (non-hydrogen) atoms. The zero-order valence-electron chi connectivity index (χ0n) is 16.1. The number of anilines is 1. The first kappa shape index (κ1) is 17.7. The first-order chi connectivity index (χ1) is 12.4. The molecule has 2 N–H and O–H groups in total. The SMILES string of the molecule is C[C@@H]1C[C@H](CCCCc2cccc3cc(N)ncc23)[C@H]2OC(C)(C)O[C@H]21. The number of aromatic nitrogens is 1. The fourth-order valence-electron chi connectivity index (χ4n) is 4.84. The predicted molar refractivity (Wildman–Crippen MR) is 105 cm³/mol. The Morgan fingerprint density at radius 3 is 2.85 bits per heavy atom. The van der Waals surface area contributed by atoms with E-state index < -0.39 is 5.79 Å². The van der Waals surface area contributed by atoms with Crippen molar-refractivity contribution >= 4 is 16.6 Å². The zero-order chi connectivity index (χ0) is 18.3. The molecule has 2 aromatic rings. The highest BCUT2D eigenvalue weighted by atomic mass is 16.8. The van der Waals surface area contributed by atoms with E-state index >= 15 is 0 Å². The van der Waals surface area contributed by atoms with Gasteiger partial charge in [0.15, 0.2) is 5.79 Å². The smallest absolute Gasteiger partial charge is 0.163 e. The molecule has 0 radical (unpaired) electrons. The van der Waals surface area contributed by atoms with E-state index in [0.717, 1.165) is 6.42 Å². The first-order valence-electron chi connectivity index (χ1n) is 9.92. The van der Waals surface area contributed by atoms with Crippen LogP contribution in [0.2, 0.25) is 0 Å². The number of hydrogen-bond donors (Lipinski definition) is 1. The molecule has 2 aliphatic rings. The molecule has 0 unspecified atom stereocenters. The number of nitrogens with zero attached hydrogens (tertiary/aromatic N) is 1. The highest BCUT2D eigenvalue weighted by Crippen LogP contribution is 2.46. The number of rotatable bonds is 5. The Hall–Kier alpha value is -1.65. The summed E-state index contributed by atoms with van der Waals surface area (Å²) in [6.45, 7) is 6.38. The monoisotopic (exact) mass is 354 g/mol. The quantitative estimate of drug-likeness (QED) is 0.790. The minimum atomic E-state index is -0.417. The number of nitrogen functional groups attached to an aromatic ring is 1. The summed E-state index contributed by atoms with van der Waals surface area (Å²) in [5.41, 5.74) is 7.17. The van der Waals surface area contributed by atoms with Crippen LogP contribution in [0.15, 0.2) is 30.5 Å². The van der Waals surface area contributed by atoms with Gasteiger partial charge in [-0.05, 0) is 68.4 Å². The number of unbranched alkanes of at least 4 members (excludes halogenated alkanes) is 1. The molecule has 140 valence electrons. The molecule has 0 spiro atoms. The Morgan fingerprint density at radius 2 is 2.00 bits per heavy atom. The van der Waals surface area contributed by atoms with Crippen LogP contribution in [-0.4, -0.2) is 23.0 Å². The number of hydrogen-bond acceptors (Lipinski definition) is 4. The van der Waals surface area contributed by atoms with Gasteiger partial charge in [-0.25, -0.2) is 4.98 Å². The summed E-state index contributed by atoms with van der Waals surface area (Å²) >= 11 is 0. The number of ether oxygens (including phenoxy) is 2. The Labute approximate surface area is 156 Å². The summed E-state index contributed by atoms with van der Waals surface area (Å²) in [6, 6.07) is 8.39. The molecule has 2 heterocycles. The lowest BCUT2D eigenvalue weighted by Crippen LogP contribution is -2.25. The van der Waals surface area contributed by atoms with E-state index in [4.69, 9.17) is 15.2 Å². The average Bonchev–Trinajstić information content (AvgIpc) is 3.05. The van der Waals surface area contributed by atoms with Crippen molar-refractivity contribution in [2.24, 2.45) is 11.8 Å². The van der Waals surface area contributed by atoms with E-state index in [1.807, 2.05) is 26.1 Å². The molecular formula is C22H30N2O2. The van der Waals surface area contributed by atoms with Crippen molar-refractivity contribution in [1.82, 2.24) is 4.98 Å². The van der Waals surface area contributed by atoms with Crippen molar-refractivity contribution in [1.29, 1.82) is 0 Å². The van der Waals surface area contributed by atoms with Gasteiger partial charge in [-0.2, -0.15) is 0 Å². The summed E-state index contributed by atoms with van der Waals surface area (Å²) in [4.78, 5) is 4.26.